The molecule has 7 nitrogen and oxygen atoms in total. The van der Waals surface area contributed by atoms with E-state index in [1.54, 1.807) is 0 Å². The van der Waals surface area contributed by atoms with Crippen molar-refractivity contribution >= 4 is 28.5 Å². The Hall–Kier alpha value is -3.19. The number of aryl methyl sites for hydroxylation is 3. The normalized spacial score (nSPS) is 11.5. The molecule has 0 spiro atoms. The molecule has 3 aromatic heterocycles. The van der Waals surface area contributed by atoms with Crippen molar-refractivity contribution in [3.63, 3.8) is 0 Å². The highest BCUT2D eigenvalue weighted by Crippen LogP contribution is 2.30. The second-order valence-corrected chi connectivity index (χ2v) is 8.26. The molecule has 1 N–H and O–H groups in total. The summed E-state index contributed by atoms with van der Waals surface area (Å²) >= 11 is 6.58. The Labute approximate surface area is 185 Å². The van der Waals surface area contributed by atoms with Crippen molar-refractivity contribution in [1.29, 1.82) is 0 Å². The molecule has 3 heterocycles. The van der Waals surface area contributed by atoms with Crippen LogP contribution in [0, 0.1) is 20.8 Å². The van der Waals surface area contributed by atoms with E-state index in [1.807, 2.05) is 63.6 Å². The SMILES string of the molecule is Cc1noc(C)c1-c1ccc(CNC(=O)c2cnc3c(c(C)nn3C(C)C)c2Cl)cc1. The van der Waals surface area contributed by atoms with Gasteiger partial charge in [-0.3, -0.25) is 4.79 Å². The van der Waals surface area contributed by atoms with Gasteiger partial charge in [0.2, 0.25) is 0 Å². The summed E-state index contributed by atoms with van der Waals surface area (Å²) in [7, 11) is 0. The minimum Gasteiger partial charge on any atom is -0.361 e. The predicted octanol–water partition coefficient (Wildman–Crippen LogP) is 5.18. The van der Waals surface area contributed by atoms with Crippen LogP contribution in [0.15, 0.2) is 35.0 Å². The number of amides is 1. The first-order chi connectivity index (χ1) is 14.8. The van der Waals surface area contributed by atoms with E-state index in [0.717, 1.165) is 33.8 Å². The van der Waals surface area contributed by atoms with E-state index in [1.165, 1.54) is 6.20 Å². The van der Waals surface area contributed by atoms with Gasteiger partial charge < -0.3 is 9.84 Å². The number of hydrogen-bond acceptors (Lipinski definition) is 5. The first kappa shape index (κ1) is 21.1. The number of hydrogen-bond donors (Lipinski definition) is 1. The Kier molecular flexibility index (Phi) is 5.54. The molecule has 0 aliphatic carbocycles. The highest BCUT2D eigenvalue weighted by atomic mass is 35.5. The fraction of sp³-hybridized carbons (Fsp3) is 0.304. The van der Waals surface area contributed by atoms with E-state index in [9.17, 15) is 4.79 Å². The topological polar surface area (TPSA) is 85.8 Å². The number of aromatic nitrogens is 4. The lowest BCUT2D eigenvalue weighted by atomic mass is 10.0. The highest BCUT2D eigenvalue weighted by Gasteiger charge is 2.20. The molecule has 0 aliphatic heterocycles. The average Bonchev–Trinajstić information content (AvgIpc) is 3.26. The van der Waals surface area contributed by atoms with Crippen molar-refractivity contribution in [3.05, 3.63) is 63.8 Å². The number of pyridine rings is 1. The summed E-state index contributed by atoms with van der Waals surface area (Å²) in [5.74, 6) is 0.512. The molecule has 160 valence electrons. The maximum absolute atomic E-state index is 12.8. The van der Waals surface area contributed by atoms with Crippen LogP contribution in [-0.4, -0.2) is 25.8 Å². The van der Waals surface area contributed by atoms with Gasteiger partial charge in [0.25, 0.3) is 5.91 Å². The minimum atomic E-state index is -0.272. The molecule has 0 unspecified atom stereocenters. The van der Waals surface area contributed by atoms with Gasteiger partial charge >= 0.3 is 0 Å². The maximum atomic E-state index is 12.8. The molecule has 0 atom stereocenters. The van der Waals surface area contributed by atoms with Gasteiger partial charge in [-0.15, -0.1) is 0 Å². The summed E-state index contributed by atoms with van der Waals surface area (Å²) in [5, 5.41) is 12.5. The second-order valence-electron chi connectivity index (χ2n) is 7.89. The molecule has 1 amide bonds. The summed E-state index contributed by atoms with van der Waals surface area (Å²) in [6, 6.07) is 8.09. The lowest BCUT2D eigenvalue weighted by Crippen LogP contribution is -2.23. The molecule has 8 heteroatoms. The Morgan fingerprint density at radius 1 is 1.16 bits per heavy atom. The van der Waals surface area contributed by atoms with Crippen LogP contribution in [0.1, 0.15) is 53.0 Å². The summed E-state index contributed by atoms with van der Waals surface area (Å²) in [5.41, 5.74) is 5.63. The van der Waals surface area contributed by atoms with Crippen molar-refractivity contribution in [1.82, 2.24) is 25.2 Å². The zero-order valence-electron chi connectivity index (χ0n) is 18.2. The van der Waals surface area contributed by atoms with Crippen LogP contribution in [0.25, 0.3) is 22.2 Å². The average molecular weight is 438 g/mol. The van der Waals surface area contributed by atoms with Crippen LogP contribution in [0.3, 0.4) is 0 Å². The van der Waals surface area contributed by atoms with Gasteiger partial charge in [-0.1, -0.05) is 41.0 Å². The Morgan fingerprint density at radius 2 is 1.87 bits per heavy atom. The fourth-order valence-corrected chi connectivity index (χ4v) is 4.07. The van der Waals surface area contributed by atoms with Crippen molar-refractivity contribution in [2.75, 3.05) is 0 Å². The third-order valence-corrected chi connectivity index (χ3v) is 5.69. The molecule has 0 fully saturated rings. The van der Waals surface area contributed by atoms with E-state index >= 15 is 0 Å². The van der Waals surface area contributed by atoms with Crippen molar-refractivity contribution in [2.24, 2.45) is 0 Å². The summed E-state index contributed by atoms with van der Waals surface area (Å²) in [6.45, 7) is 10.1. The van der Waals surface area contributed by atoms with Gasteiger partial charge in [0.15, 0.2) is 5.65 Å². The van der Waals surface area contributed by atoms with Crippen LogP contribution in [-0.2, 0) is 6.54 Å². The van der Waals surface area contributed by atoms with Crippen LogP contribution in [0.5, 0.6) is 0 Å². The van der Waals surface area contributed by atoms with Gasteiger partial charge in [0, 0.05) is 24.3 Å². The lowest BCUT2D eigenvalue weighted by molar-refractivity contribution is 0.0951. The third kappa shape index (κ3) is 3.81. The fourth-order valence-electron chi connectivity index (χ4n) is 3.71. The molecule has 31 heavy (non-hydrogen) atoms. The van der Waals surface area contributed by atoms with E-state index in [0.29, 0.717) is 28.2 Å². The largest absolute Gasteiger partial charge is 0.361 e. The van der Waals surface area contributed by atoms with E-state index in [2.05, 4.69) is 20.6 Å². The van der Waals surface area contributed by atoms with E-state index < -0.39 is 0 Å². The summed E-state index contributed by atoms with van der Waals surface area (Å²) in [6.07, 6.45) is 1.51. The van der Waals surface area contributed by atoms with Crippen molar-refractivity contribution < 1.29 is 9.32 Å². The van der Waals surface area contributed by atoms with Crippen LogP contribution >= 0.6 is 11.6 Å². The van der Waals surface area contributed by atoms with Crippen LogP contribution in [0.2, 0.25) is 5.02 Å². The quantitative estimate of drug-likeness (QED) is 0.465. The molecule has 0 saturated heterocycles. The summed E-state index contributed by atoms with van der Waals surface area (Å²) < 4.78 is 7.06. The minimum absolute atomic E-state index is 0.146. The van der Waals surface area contributed by atoms with Crippen molar-refractivity contribution in [2.45, 2.75) is 47.2 Å². The predicted molar refractivity (Wildman–Crippen MR) is 120 cm³/mol. The zero-order valence-corrected chi connectivity index (χ0v) is 18.9. The van der Waals surface area contributed by atoms with Gasteiger partial charge in [-0.05, 0) is 45.7 Å². The van der Waals surface area contributed by atoms with Gasteiger partial charge in [0.1, 0.15) is 5.76 Å². The molecule has 4 aromatic rings. The number of halogens is 1. The number of benzene rings is 1. The number of carbonyl (C=O) groups excluding carboxylic acids is 1. The molecule has 0 aliphatic rings. The smallest absolute Gasteiger partial charge is 0.254 e. The molecule has 0 bridgehead atoms. The van der Waals surface area contributed by atoms with E-state index in [4.69, 9.17) is 16.1 Å². The standard InChI is InChI=1S/C23H24ClN5O2/c1-12(2)29-22-20(13(3)27-29)21(24)18(11-25-22)23(30)26-10-16-6-8-17(9-7-16)19-14(4)28-31-15(19)5/h6-9,11-12H,10H2,1-5H3,(H,26,30). The van der Waals surface area contributed by atoms with Gasteiger partial charge in [-0.2, -0.15) is 5.10 Å². The molecular weight excluding hydrogens is 414 g/mol. The molecule has 4 rings (SSSR count). The molecule has 0 saturated carbocycles. The molecule has 0 radical (unpaired) electrons. The number of carbonyl (C=O) groups is 1. The number of fused-ring (bicyclic) bond motifs is 1. The number of nitrogens with one attached hydrogen (secondary N) is 1. The third-order valence-electron chi connectivity index (χ3n) is 5.29. The Balaban J connectivity index is 1.52. The summed E-state index contributed by atoms with van der Waals surface area (Å²) in [4.78, 5) is 17.3. The maximum Gasteiger partial charge on any atom is 0.254 e. The highest BCUT2D eigenvalue weighted by molar-refractivity contribution is 6.38. The van der Waals surface area contributed by atoms with Crippen molar-refractivity contribution in [3.8, 4) is 11.1 Å². The Morgan fingerprint density at radius 3 is 2.48 bits per heavy atom. The zero-order chi connectivity index (χ0) is 22.3. The van der Waals surface area contributed by atoms with Gasteiger partial charge in [0.05, 0.1) is 27.4 Å². The number of rotatable bonds is 5. The molecular formula is C23H24ClN5O2. The van der Waals surface area contributed by atoms with Gasteiger partial charge in [-0.25, -0.2) is 9.67 Å². The lowest BCUT2D eigenvalue weighted by Gasteiger charge is -2.10. The van der Waals surface area contributed by atoms with Crippen LogP contribution < -0.4 is 5.32 Å². The van der Waals surface area contributed by atoms with E-state index in [-0.39, 0.29) is 11.9 Å². The Bertz CT molecular complexity index is 1250. The number of nitrogens with zero attached hydrogens (tertiary/aromatic N) is 4. The first-order valence-corrected chi connectivity index (χ1v) is 10.5. The first-order valence-electron chi connectivity index (χ1n) is 10.1. The second kappa shape index (κ2) is 8.15. The molecule has 1 aromatic carbocycles. The van der Waals surface area contributed by atoms with Crippen LogP contribution in [0.4, 0.5) is 0 Å². The monoisotopic (exact) mass is 437 g/mol.